The molecule has 1 fully saturated rings. The molecule has 0 amide bonds. The summed E-state index contributed by atoms with van der Waals surface area (Å²) in [7, 11) is 1.39. The number of methoxy groups -OCH3 is 1. The van der Waals surface area contributed by atoms with Crippen LogP contribution in [0.15, 0.2) is 40.9 Å². The van der Waals surface area contributed by atoms with Crippen molar-refractivity contribution in [3.63, 3.8) is 0 Å². The van der Waals surface area contributed by atoms with Crippen LogP contribution in [0.2, 0.25) is 0 Å². The van der Waals surface area contributed by atoms with Gasteiger partial charge in [-0.25, -0.2) is 9.48 Å². The van der Waals surface area contributed by atoms with Crippen molar-refractivity contribution in [3.8, 4) is 11.8 Å². The second kappa shape index (κ2) is 7.08. The van der Waals surface area contributed by atoms with Crippen molar-refractivity contribution >= 4 is 32.8 Å². The first-order valence-corrected chi connectivity index (χ1v) is 9.69. The van der Waals surface area contributed by atoms with Gasteiger partial charge < -0.3 is 9.47 Å². The molecule has 5 nitrogen and oxygen atoms in total. The molecular formula is C22H19BrN2O3. The van der Waals surface area contributed by atoms with E-state index < -0.39 is 11.5 Å². The lowest BCUT2D eigenvalue weighted by Crippen LogP contribution is -2.53. The van der Waals surface area contributed by atoms with Gasteiger partial charge in [0.15, 0.2) is 0 Å². The van der Waals surface area contributed by atoms with Gasteiger partial charge in [0.2, 0.25) is 0 Å². The van der Waals surface area contributed by atoms with E-state index in [1.165, 1.54) is 7.11 Å². The minimum absolute atomic E-state index is 0.395. The summed E-state index contributed by atoms with van der Waals surface area (Å²) in [5, 5.41) is 5.73. The quantitative estimate of drug-likeness (QED) is 0.457. The summed E-state index contributed by atoms with van der Waals surface area (Å²) in [4.78, 5) is 12.5. The van der Waals surface area contributed by atoms with Crippen LogP contribution in [0.5, 0.6) is 0 Å². The van der Waals surface area contributed by atoms with Crippen molar-refractivity contribution < 1.29 is 14.3 Å². The van der Waals surface area contributed by atoms with E-state index in [4.69, 9.17) is 14.6 Å². The number of rotatable bonds is 3. The first-order valence-electron chi connectivity index (χ1n) is 8.89. The van der Waals surface area contributed by atoms with E-state index >= 15 is 0 Å². The maximum Gasteiger partial charge on any atom is 0.340 e. The number of aryl methyl sites for hydroxylation is 1. The van der Waals surface area contributed by atoms with Gasteiger partial charge in [0.1, 0.15) is 5.54 Å². The SMILES string of the molecule is CC#Cc1ccc(C(=O)OC)c2c1c(C)nn2C1(c2ccc(Br)cc2)COC1. The molecule has 4 rings (SSSR count). The van der Waals surface area contributed by atoms with Gasteiger partial charge >= 0.3 is 5.97 Å². The Morgan fingerprint density at radius 2 is 1.96 bits per heavy atom. The van der Waals surface area contributed by atoms with E-state index in [0.29, 0.717) is 18.8 Å². The molecule has 3 aromatic rings. The second-order valence-electron chi connectivity index (χ2n) is 6.78. The molecule has 1 aromatic heterocycles. The van der Waals surface area contributed by atoms with E-state index in [9.17, 15) is 4.79 Å². The Balaban J connectivity index is 2.06. The number of aromatic nitrogens is 2. The number of carbonyl (C=O) groups excluding carboxylic acids is 1. The lowest BCUT2D eigenvalue weighted by Gasteiger charge is -2.42. The van der Waals surface area contributed by atoms with Crippen molar-refractivity contribution in [2.45, 2.75) is 19.4 Å². The van der Waals surface area contributed by atoms with Gasteiger partial charge in [-0.15, -0.1) is 5.92 Å². The van der Waals surface area contributed by atoms with E-state index in [1.807, 2.05) is 29.8 Å². The molecule has 0 bridgehead atoms. The highest BCUT2D eigenvalue weighted by Gasteiger charge is 2.45. The Labute approximate surface area is 171 Å². The van der Waals surface area contributed by atoms with E-state index in [-0.39, 0.29) is 0 Å². The monoisotopic (exact) mass is 438 g/mol. The number of carbonyl (C=O) groups is 1. The smallest absolute Gasteiger partial charge is 0.340 e. The molecule has 1 aliphatic rings. The van der Waals surface area contributed by atoms with Crippen molar-refractivity contribution in [1.82, 2.24) is 9.78 Å². The normalized spacial score (nSPS) is 14.9. The van der Waals surface area contributed by atoms with Gasteiger partial charge in [-0.1, -0.05) is 34.0 Å². The summed E-state index contributed by atoms with van der Waals surface area (Å²) in [5.74, 6) is 5.68. The number of nitrogens with zero attached hydrogens (tertiary/aromatic N) is 2. The topological polar surface area (TPSA) is 53.3 Å². The number of hydrogen-bond donors (Lipinski definition) is 0. The van der Waals surface area contributed by atoms with Crippen molar-refractivity contribution in [1.29, 1.82) is 0 Å². The molecule has 1 saturated heterocycles. The molecule has 2 aromatic carbocycles. The highest BCUT2D eigenvalue weighted by Crippen LogP contribution is 2.39. The summed E-state index contributed by atoms with van der Waals surface area (Å²) in [6.45, 7) is 4.70. The number of hydrogen-bond acceptors (Lipinski definition) is 4. The van der Waals surface area contributed by atoms with Crippen molar-refractivity contribution in [2.75, 3.05) is 20.3 Å². The van der Waals surface area contributed by atoms with Gasteiger partial charge in [0.25, 0.3) is 0 Å². The lowest BCUT2D eigenvalue weighted by atomic mass is 9.87. The number of halogens is 1. The predicted molar refractivity (Wildman–Crippen MR) is 110 cm³/mol. The molecule has 0 radical (unpaired) electrons. The third-order valence-electron chi connectivity index (χ3n) is 5.14. The molecule has 0 aliphatic carbocycles. The Bertz CT molecular complexity index is 1130. The number of ether oxygens (including phenoxy) is 2. The minimum Gasteiger partial charge on any atom is -0.465 e. The third-order valence-corrected chi connectivity index (χ3v) is 5.66. The predicted octanol–water partition coefficient (Wildman–Crippen LogP) is 4.04. The van der Waals surface area contributed by atoms with Crippen molar-refractivity contribution in [2.24, 2.45) is 0 Å². The fourth-order valence-electron chi connectivity index (χ4n) is 3.72. The van der Waals surface area contributed by atoms with Crippen LogP contribution in [0, 0.1) is 18.8 Å². The van der Waals surface area contributed by atoms with Crippen LogP contribution < -0.4 is 0 Å². The zero-order valence-electron chi connectivity index (χ0n) is 15.9. The van der Waals surface area contributed by atoms with Crippen LogP contribution in [0.4, 0.5) is 0 Å². The summed E-state index contributed by atoms with van der Waals surface area (Å²) >= 11 is 3.49. The lowest BCUT2D eigenvalue weighted by molar-refractivity contribution is -0.0801. The fourth-order valence-corrected chi connectivity index (χ4v) is 3.98. The average molecular weight is 439 g/mol. The maximum absolute atomic E-state index is 12.5. The van der Waals surface area contributed by atoms with E-state index in [2.05, 4.69) is 39.9 Å². The van der Waals surface area contributed by atoms with Gasteiger partial charge in [-0.3, -0.25) is 0 Å². The van der Waals surface area contributed by atoms with Crippen LogP contribution in [-0.2, 0) is 15.0 Å². The Hall–Kier alpha value is -2.62. The first-order chi connectivity index (χ1) is 13.5. The molecule has 1 aliphatic heterocycles. The summed E-state index contributed by atoms with van der Waals surface area (Å²) in [6.07, 6.45) is 0. The Morgan fingerprint density at radius 1 is 1.25 bits per heavy atom. The average Bonchev–Trinajstić information content (AvgIpc) is 3.00. The molecule has 6 heteroatoms. The molecule has 0 atom stereocenters. The van der Waals surface area contributed by atoms with Crippen LogP contribution in [0.1, 0.15) is 34.1 Å². The van der Waals surface area contributed by atoms with Crippen LogP contribution >= 0.6 is 15.9 Å². The summed E-state index contributed by atoms with van der Waals surface area (Å²) < 4.78 is 13.6. The molecule has 0 spiro atoms. The molecule has 142 valence electrons. The van der Waals surface area contributed by atoms with Gasteiger partial charge in [0.05, 0.1) is 37.1 Å². The van der Waals surface area contributed by atoms with Crippen LogP contribution in [-0.4, -0.2) is 36.1 Å². The van der Waals surface area contributed by atoms with Crippen molar-refractivity contribution in [3.05, 3.63) is 63.3 Å². The molecule has 0 N–H and O–H groups in total. The molecule has 0 saturated carbocycles. The Kier molecular flexibility index (Phi) is 4.74. The number of esters is 1. The number of fused-ring (bicyclic) bond motifs is 1. The standard InChI is InChI=1S/C22H19BrN2O3/c1-4-5-15-6-11-18(21(26)27-3)20-19(15)14(2)24-25(20)22(12-28-13-22)16-7-9-17(23)10-8-16/h6-11H,12-13H2,1-3H3. The highest BCUT2D eigenvalue weighted by molar-refractivity contribution is 9.10. The highest BCUT2D eigenvalue weighted by atomic mass is 79.9. The van der Waals surface area contributed by atoms with Gasteiger partial charge in [-0.05, 0) is 43.7 Å². The number of benzene rings is 2. The summed E-state index contributed by atoms with van der Waals surface area (Å²) in [6, 6.07) is 11.7. The molecule has 0 unspecified atom stereocenters. The zero-order chi connectivity index (χ0) is 19.9. The maximum atomic E-state index is 12.5. The second-order valence-corrected chi connectivity index (χ2v) is 7.70. The third kappa shape index (κ3) is 2.74. The molecule has 2 heterocycles. The largest absolute Gasteiger partial charge is 0.465 e. The summed E-state index contributed by atoms with van der Waals surface area (Å²) in [5.41, 5.74) is 3.48. The van der Waals surface area contributed by atoms with Crippen LogP contribution in [0.3, 0.4) is 0 Å². The van der Waals surface area contributed by atoms with Gasteiger partial charge in [0, 0.05) is 15.4 Å². The Morgan fingerprint density at radius 3 is 2.54 bits per heavy atom. The fraction of sp³-hybridized carbons (Fsp3) is 0.273. The molecular weight excluding hydrogens is 420 g/mol. The van der Waals surface area contributed by atoms with Gasteiger partial charge in [-0.2, -0.15) is 5.10 Å². The minimum atomic E-state index is -0.478. The zero-order valence-corrected chi connectivity index (χ0v) is 17.5. The molecule has 28 heavy (non-hydrogen) atoms. The first kappa shape index (κ1) is 18.7. The van der Waals surface area contributed by atoms with E-state index in [0.717, 1.165) is 32.2 Å². The van der Waals surface area contributed by atoms with E-state index in [1.54, 1.807) is 13.0 Å². The van der Waals surface area contributed by atoms with Crippen LogP contribution in [0.25, 0.3) is 10.9 Å².